The number of aromatic nitrogens is 1. The molecule has 0 bridgehead atoms. The van der Waals surface area contributed by atoms with Crippen LogP contribution in [0.15, 0.2) is 29.6 Å². The SMILES string of the molecule is O=C(NC1CC(C(=O)O)C1)c1csc(-c2ccc(Cl)cc2)n1. The highest BCUT2D eigenvalue weighted by atomic mass is 35.5. The first-order chi connectivity index (χ1) is 10.5. The zero-order chi connectivity index (χ0) is 15.7. The second kappa shape index (κ2) is 6.06. The summed E-state index contributed by atoms with van der Waals surface area (Å²) in [6.07, 6.45) is 0.963. The molecule has 0 saturated heterocycles. The lowest BCUT2D eigenvalue weighted by atomic mass is 9.80. The number of aliphatic carboxylic acids is 1. The number of benzene rings is 1. The Morgan fingerprint density at radius 1 is 1.27 bits per heavy atom. The summed E-state index contributed by atoms with van der Waals surface area (Å²) in [5.41, 5.74) is 1.26. The van der Waals surface area contributed by atoms with E-state index >= 15 is 0 Å². The quantitative estimate of drug-likeness (QED) is 0.899. The number of nitrogens with one attached hydrogen (secondary N) is 1. The molecule has 1 aromatic heterocycles. The highest BCUT2D eigenvalue weighted by molar-refractivity contribution is 7.13. The summed E-state index contributed by atoms with van der Waals surface area (Å²) in [7, 11) is 0. The van der Waals surface area contributed by atoms with Crippen LogP contribution >= 0.6 is 22.9 Å². The van der Waals surface area contributed by atoms with E-state index in [-0.39, 0.29) is 17.9 Å². The van der Waals surface area contributed by atoms with Gasteiger partial charge in [-0.05, 0) is 25.0 Å². The van der Waals surface area contributed by atoms with Crippen LogP contribution in [0, 0.1) is 5.92 Å². The van der Waals surface area contributed by atoms with Crippen molar-refractivity contribution in [1.82, 2.24) is 10.3 Å². The predicted molar refractivity (Wildman–Crippen MR) is 84.2 cm³/mol. The van der Waals surface area contributed by atoms with Crippen molar-refractivity contribution in [1.29, 1.82) is 0 Å². The number of carboxylic acid groups (broad SMARTS) is 1. The van der Waals surface area contributed by atoms with Gasteiger partial charge in [-0.25, -0.2) is 4.98 Å². The predicted octanol–water partition coefficient (Wildman–Crippen LogP) is 3.06. The van der Waals surface area contributed by atoms with E-state index in [1.165, 1.54) is 11.3 Å². The van der Waals surface area contributed by atoms with Crippen LogP contribution in [0.4, 0.5) is 0 Å². The van der Waals surface area contributed by atoms with Gasteiger partial charge < -0.3 is 10.4 Å². The molecule has 0 aliphatic heterocycles. The van der Waals surface area contributed by atoms with Crippen LogP contribution in [0.1, 0.15) is 23.3 Å². The fraction of sp³-hybridized carbons (Fsp3) is 0.267. The van der Waals surface area contributed by atoms with Gasteiger partial charge in [-0.15, -0.1) is 11.3 Å². The van der Waals surface area contributed by atoms with E-state index in [0.29, 0.717) is 23.6 Å². The van der Waals surface area contributed by atoms with Gasteiger partial charge in [0.2, 0.25) is 0 Å². The largest absolute Gasteiger partial charge is 0.481 e. The van der Waals surface area contributed by atoms with Crippen molar-refractivity contribution in [3.63, 3.8) is 0 Å². The summed E-state index contributed by atoms with van der Waals surface area (Å²) >= 11 is 7.23. The van der Waals surface area contributed by atoms with E-state index in [4.69, 9.17) is 16.7 Å². The van der Waals surface area contributed by atoms with Crippen molar-refractivity contribution in [2.75, 3.05) is 0 Å². The molecule has 0 radical (unpaired) electrons. The summed E-state index contributed by atoms with van der Waals surface area (Å²) in [5.74, 6) is -1.40. The fourth-order valence-electron chi connectivity index (χ4n) is 2.30. The smallest absolute Gasteiger partial charge is 0.306 e. The molecule has 1 aromatic carbocycles. The third-order valence-electron chi connectivity index (χ3n) is 3.65. The molecule has 3 rings (SSSR count). The lowest BCUT2D eigenvalue weighted by Gasteiger charge is -2.32. The van der Waals surface area contributed by atoms with Gasteiger partial charge in [0.1, 0.15) is 10.7 Å². The average molecular weight is 337 g/mol. The van der Waals surface area contributed by atoms with E-state index in [1.807, 2.05) is 12.1 Å². The number of hydrogen-bond donors (Lipinski definition) is 2. The number of rotatable bonds is 4. The van der Waals surface area contributed by atoms with Gasteiger partial charge in [0.25, 0.3) is 5.91 Å². The molecule has 2 aromatic rings. The minimum atomic E-state index is -0.802. The van der Waals surface area contributed by atoms with Gasteiger partial charge in [-0.1, -0.05) is 23.7 Å². The van der Waals surface area contributed by atoms with Gasteiger partial charge in [-0.3, -0.25) is 9.59 Å². The Morgan fingerprint density at radius 2 is 1.95 bits per heavy atom. The second-order valence-corrected chi connectivity index (χ2v) is 6.52. The van der Waals surface area contributed by atoms with Crippen LogP contribution < -0.4 is 5.32 Å². The number of nitrogens with zero attached hydrogens (tertiary/aromatic N) is 1. The molecule has 1 saturated carbocycles. The van der Waals surface area contributed by atoms with Crippen LogP contribution in [0.2, 0.25) is 5.02 Å². The van der Waals surface area contributed by atoms with Crippen molar-refractivity contribution < 1.29 is 14.7 Å². The van der Waals surface area contributed by atoms with E-state index in [1.54, 1.807) is 17.5 Å². The van der Waals surface area contributed by atoms with E-state index in [9.17, 15) is 9.59 Å². The van der Waals surface area contributed by atoms with Crippen molar-refractivity contribution in [2.45, 2.75) is 18.9 Å². The molecule has 1 fully saturated rings. The molecule has 1 heterocycles. The molecular formula is C15H13ClN2O3S. The second-order valence-electron chi connectivity index (χ2n) is 5.22. The van der Waals surface area contributed by atoms with Gasteiger partial charge in [-0.2, -0.15) is 0 Å². The Bertz CT molecular complexity index is 708. The summed E-state index contributed by atoms with van der Waals surface area (Å²) in [6, 6.07) is 7.18. The molecular weight excluding hydrogens is 324 g/mol. The zero-order valence-corrected chi connectivity index (χ0v) is 13.0. The van der Waals surface area contributed by atoms with E-state index in [0.717, 1.165) is 10.6 Å². The van der Waals surface area contributed by atoms with Crippen molar-refractivity contribution in [3.05, 3.63) is 40.4 Å². The maximum absolute atomic E-state index is 12.1. The lowest BCUT2D eigenvalue weighted by molar-refractivity contribution is -0.145. The summed E-state index contributed by atoms with van der Waals surface area (Å²) < 4.78 is 0. The van der Waals surface area contributed by atoms with Crippen molar-refractivity contribution in [2.24, 2.45) is 5.92 Å². The van der Waals surface area contributed by atoms with Gasteiger partial charge >= 0.3 is 5.97 Å². The first kappa shape index (κ1) is 15.0. The summed E-state index contributed by atoms with van der Waals surface area (Å²) in [6.45, 7) is 0. The number of halogens is 1. The number of carboxylic acids is 1. The lowest BCUT2D eigenvalue weighted by Crippen LogP contribution is -2.46. The molecule has 2 N–H and O–H groups in total. The average Bonchev–Trinajstić information content (AvgIpc) is 2.92. The first-order valence-corrected chi connectivity index (χ1v) is 8.04. The Kier molecular flexibility index (Phi) is 4.13. The van der Waals surface area contributed by atoms with Crippen LogP contribution in [0.25, 0.3) is 10.6 Å². The Labute approximate surface area is 136 Å². The summed E-state index contributed by atoms with van der Waals surface area (Å²) in [4.78, 5) is 27.1. The van der Waals surface area contributed by atoms with Crippen molar-refractivity contribution in [3.8, 4) is 10.6 Å². The molecule has 7 heteroatoms. The molecule has 114 valence electrons. The molecule has 1 amide bonds. The molecule has 5 nitrogen and oxygen atoms in total. The van der Waals surface area contributed by atoms with Crippen LogP contribution in [-0.4, -0.2) is 28.0 Å². The highest BCUT2D eigenvalue weighted by Gasteiger charge is 2.35. The number of hydrogen-bond acceptors (Lipinski definition) is 4. The van der Waals surface area contributed by atoms with Gasteiger partial charge in [0, 0.05) is 22.0 Å². The molecule has 22 heavy (non-hydrogen) atoms. The number of carbonyl (C=O) groups excluding carboxylic acids is 1. The maximum Gasteiger partial charge on any atom is 0.306 e. The minimum absolute atomic E-state index is 0.0747. The van der Waals surface area contributed by atoms with Gasteiger partial charge in [0.15, 0.2) is 0 Å². The third kappa shape index (κ3) is 3.13. The Hall–Kier alpha value is -1.92. The minimum Gasteiger partial charge on any atom is -0.481 e. The molecule has 0 atom stereocenters. The van der Waals surface area contributed by atoms with Crippen LogP contribution in [0.5, 0.6) is 0 Å². The Morgan fingerprint density at radius 3 is 2.59 bits per heavy atom. The number of carbonyl (C=O) groups is 2. The first-order valence-electron chi connectivity index (χ1n) is 6.78. The van der Waals surface area contributed by atoms with Crippen LogP contribution in [-0.2, 0) is 4.79 Å². The molecule has 1 aliphatic carbocycles. The summed E-state index contributed by atoms with van der Waals surface area (Å²) in [5, 5.41) is 14.7. The third-order valence-corrected chi connectivity index (χ3v) is 4.79. The fourth-order valence-corrected chi connectivity index (χ4v) is 3.23. The topological polar surface area (TPSA) is 79.3 Å². The van der Waals surface area contributed by atoms with Crippen LogP contribution in [0.3, 0.4) is 0 Å². The van der Waals surface area contributed by atoms with Gasteiger partial charge in [0.05, 0.1) is 5.92 Å². The number of amides is 1. The van der Waals surface area contributed by atoms with E-state index in [2.05, 4.69) is 10.3 Å². The zero-order valence-electron chi connectivity index (χ0n) is 11.5. The standard InChI is InChI=1S/C15H13ClN2O3S/c16-10-3-1-8(2-4-10)14-18-12(7-22-14)13(19)17-11-5-9(6-11)15(20)21/h1-4,7,9,11H,5-6H2,(H,17,19)(H,20,21). The molecule has 0 unspecified atom stereocenters. The molecule has 1 aliphatic rings. The maximum atomic E-state index is 12.1. The van der Waals surface area contributed by atoms with E-state index < -0.39 is 5.97 Å². The Balaban J connectivity index is 1.63. The monoisotopic (exact) mass is 336 g/mol. The molecule has 0 spiro atoms. The normalized spacial score (nSPS) is 20.2. The highest BCUT2D eigenvalue weighted by Crippen LogP contribution is 2.28. The van der Waals surface area contributed by atoms with Crippen molar-refractivity contribution >= 4 is 34.8 Å². The number of thiazole rings is 1.